The molecule has 0 unspecified atom stereocenters. The highest BCUT2D eigenvalue weighted by atomic mass is 16.5. The van der Waals surface area contributed by atoms with Crippen molar-refractivity contribution >= 4 is 22.4 Å². The first-order valence-electron chi connectivity index (χ1n) is 6.42. The smallest absolute Gasteiger partial charge is 0.343 e. The van der Waals surface area contributed by atoms with Crippen LogP contribution in [-0.4, -0.2) is 11.1 Å². The summed E-state index contributed by atoms with van der Waals surface area (Å²) in [6.45, 7) is 0. The van der Waals surface area contributed by atoms with Crippen LogP contribution in [0.1, 0.15) is 10.4 Å². The van der Waals surface area contributed by atoms with E-state index in [0.717, 1.165) is 10.8 Å². The van der Waals surface area contributed by atoms with Crippen LogP contribution >= 0.6 is 0 Å². The molecule has 0 aliphatic heterocycles. The minimum Gasteiger partial charge on any atom is -0.508 e. The fourth-order valence-corrected chi connectivity index (χ4v) is 2.07. The maximum absolute atomic E-state index is 12.0. The van der Waals surface area contributed by atoms with Crippen LogP contribution < -0.4 is 10.5 Å². The Labute approximate surface area is 121 Å². The van der Waals surface area contributed by atoms with Crippen molar-refractivity contribution in [3.05, 3.63) is 66.2 Å². The summed E-state index contributed by atoms with van der Waals surface area (Å²) in [5.41, 5.74) is 6.80. The standard InChI is InChI=1S/C17H13NO3/c18-14-5-1-13-10-16(8-4-12(13)9-14)21-17(20)11-2-6-15(19)7-3-11/h1-10,19H,18H2. The number of benzene rings is 3. The van der Waals surface area contributed by atoms with Gasteiger partial charge >= 0.3 is 5.97 Å². The molecule has 3 aromatic rings. The number of phenolic OH excluding ortho intramolecular Hbond substituents is 1. The van der Waals surface area contributed by atoms with Gasteiger partial charge in [0.25, 0.3) is 0 Å². The van der Waals surface area contributed by atoms with Gasteiger partial charge in [-0.15, -0.1) is 0 Å². The quantitative estimate of drug-likeness (QED) is 0.428. The van der Waals surface area contributed by atoms with Crippen molar-refractivity contribution in [1.29, 1.82) is 0 Å². The molecular weight excluding hydrogens is 266 g/mol. The predicted octanol–water partition coefficient (Wildman–Crippen LogP) is 3.35. The van der Waals surface area contributed by atoms with Crippen molar-refractivity contribution in [2.45, 2.75) is 0 Å². The van der Waals surface area contributed by atoms with E-state index >= 15 is 0 Å². The Balaban J connectivity index is 1.85. The van der Waals surface area contributed by atoms with Gasteiger partial charge in [-0.2, -0.15) is 0 Å². The Kier molecular flexibility index (Phi) is 3.20. The number of anilines is 1. The van der Waals surface area contributed by atoms with Crippen LogP contribution in [0.25, 0.3) is 10.8 Å². The largest absolute Gasteiger partial charge is 0.508 e. The topological polar surface area (TPSA) is 72.5 Å². The molecule has 0 aliphatic rings. The van der Waals surface area contributed by atoms with Crippen LogP contribution in [0.15, 0.2) is 60.7 Å². The van der Waals surface area contributed by atoms with Gasteiger partial charge < -0.3 is 15.6 Å². The monoisotopic (exact) mass is 279 g/mol. The fraction of sp³-hybridized carbons (Fsp3) is 0. The van der Waals surface area contributed by atoms with Gasteiger partial charge in [0.1, 0.15) is 11.5 Å². The van der Waals surface area contributed by atoms with Crippen LogP contribution in [-0.2, 0) is 0 Å². The first kappa shape index (κ1) is 13.0. The number of rotatable bonds is 2. The minimum absolute atomic E-state index is 0.106. The number of carbonyl (C=O) groups is 1. The maximum Gasteiger partial charge on any atom is 0.343 e. The first-order chi connectivity index (χ1) is 10.1. The molecular formula is C17H13NO3. The lowest BCUT2D eigenvalue weighted by molar-refractivity contribution is 0.0735. The zero-order chi connectivity index (χ0) is 14.8. The average Bonchev–Trinajstić information content (AvgIpc) is 2.48. The second-order valence-electron chi connectivity index (χ2n) is 4.70. The first-order valence-corrected chi connectivity index (χ1v) is 6.42. The van der Waals surface area contributed by atoms with Gasteiger partial charge in [0.15, 0.2) is 0 Å². The number of hydrogen-bond acceptors (Lipinski definition) is 4. The number of fused-ring (bicyclic) bond motifs is 1. The molecule has 0 saturated carbocycles. The molecule has 3 rings (SSSR count). The number of carbonyl (C=O) groups excluding carboxylic acids is 1. The zero-order valence-corrected chi connectivity index (χ0v) is 11.1. The van der Waals surface area contributed by atoms with Gasteiger partial charge in [0.2, 0.25) is 0 Å². The van der Waals surface area contributed by atoms with Crippen molar-refractivity contribution < 1.29 is 14.6 Å². The molecule has 0 bridgehead atoms. The Hall–Kier alpha value is -3.01. The Morgan fingerprint density at radius 1 is 0.905 bits per heavy atom. The number of phenols is 1. The number of aromatic hydroxyl groups is 1. The van der Waals surface area contributed by atoms with E-state index in [1.54, 1.807) is 18.2 Å². The van der Waals surface area contributed by atoms with E-state index in [9.17, 15) is 9.90 Å². The van der Waals surface area contributed by atoms with Crippen molar-refractivity contribution in [2.75, 3.05) is 5.73 Å². The third kappa shape index (κ3) is 2.79. The van der Waals surface area contributed by atoms with E-state index in [1.165, 1.54) is 24.3 Å². The van der Waals surface area contributed by atoms with Gasteiger partial charge in [0, 0.05) is 5.69 Å². The van der Waals surface area contributed by atoms with Gasteiger partial charge in [-0.25, -0.2) is 4.79 Å². The molecule has 0 atom stereocenters. The molecule has 0 aromatic heterocycles. The Bertz CT molecular complexity index is 810. The second-order valence-corrected chi connectivity index (χ2v) is 4.70. The summed E-state index contributed by atoms with van der Waals surface area (Å²) in [6, 6.07) is 16.8. The lowest BCUT2D eigenvalue weighted by atomic mass is 10.1. The van der Waals surface area contributed by atoms with E-state index in [4.69, 9.17) is 10.5 Å². The molecule has 3 N–H and O–H groups in total. The van der Waals surface area contributed by atoms with Gasteiger partial charge in [-0.05, 0) is 59.3 Å². The summed E-state index contributed by atoms with van der Waals surface area (Å²) < 4.78 is 5.33. The van der Waals surface area contributed by atoms with Gasteiger partial charge in [-0.3, -0.25) is 0 Å². The second kappa shape index (κ2) is 5.17. The lowest BCUT2D eigenvalue weighted by Crippen LogP contribution is -2.08. The highest BCUT2D eigenvalue weighted by molar-refractivity contribution is 5.92. The van der Waals surface area contributed by atoms with Crippen LogP contribution in [0.4, 0.5) is 5.69 Å². The Morgan fingerprint density at radius 2 is 1.57 bits per heavy atom. The molecule has 0 heterocycles. The van der Waals surface area contributed by atoms with E-state index in [0.29, 0.717) is 17.0 Å². The SMILES string of the molecule is Nc1ccc2cc(OC(=O)c3ccc(O)cc3)ccc2c1. The van der Waals surface area contributed by atoms with Crippen LogP contribution in [0.5, 0.6) is 11.5 Å². The van der Waals surface area contributed by atoms with Crippen LogP contribution in [0.3, 0.4) is 0 Å². The molecule has 0 fully saturated rings. The van der Waals surface area contributed by atoms with Gasteiger partial charge in [-0.1, -0.05) is 12.1 Å². The molecule has 3 aromatic carbocycles. The maximum atomic E-state index is 12.0. The summed E-state index contributed by atoms with van der Waals surface area (Å²) in [5.74, 6) is 0.102. The van der Waals surface area contributed by atoms with Crippen molar-refractivity contribution in [2.24, 2.45) is 0 Å². The molecule has 0 amide bonds. The number of nitrogens with two attached hydrogens (primary N) is 1. The lowest BCUT2D eigenvalue weighted by Gasteiger charge is -2.06. The van der Waals surface area contributed by atoms with E-state index in [-0.39, 0.29) is 5.75 Å². The van der Waals surface area contributed by atoms with E-state index < -0.39 is 5.97 Å². The van der Waals surface area contributed by atoms with Crippen LogP contribution in [0, 0.1) is 0 Å². The summed E-state index contributed by atoms with van der Waals surface area (Å²) in [6.07, 6.45) is 0. The van der Waals surface area contributed by atoms with Crippen LogP contribution in [0.2, 0.25) is 0 Å². The normalized spacial score (nSPS) is 10.5. The number of esters is 1. The number of ether oxygens (including phenoxy) is 1. The zero-order valence-electron chi connectivity index (χ0n) is 11.1. The third-order valence-electron chi connectivity index (χ3n) is 3.15. The van der Waals surface area contributed by atoms with Crippen molar-refractivity contribution in [1.82, 2.24) is 0 Å². The van der Waals surface area contributed by atoms with E-state index in [1.807, 2.05) is 18.2 Å². The molecule has 0 saturated heterocycles. The molecule has 4 heteroatoms. The summed E-state index contributed by atoms with van der Waals surface area (Å²) in [7, 11) is 0. The average molecular weight is 279 g/mol. The Morgan fingerprint density at radius 3 is 2.33 bits per heavy atom. The third-order valence-corrected chi connectivity index (χ3v) is 3.15. The predicted molar refractivity (Wildman–Crippen MR) is 81.4 cm³/mol. The van der Waals surface area contributed by atoms with Crippen molar-refractivity contribution in [3.8, 4) is 11.5 Å². The highest BCUT2D eigenvalue weighted by Gasteiger charge is 2.09. The minimum atomic E-state index is -0.468. The van der Waals surface area contributed by atoms with E-state index in [2.05, 4.69) is 0 Å². The summed E-state index contributed by atoms with van der Waals surface area (Å²) in [4.78, 5) is 12.0. The highest BCUT2D eigenvalue weighted by Crippen LogP contribution is 2.23. The molecule has 104 valence electrons. The molecule has 4 nitrogen and oxygen atoms in total. The molecule has 0 radical (unpaired) electrons. The molecule has 21 heavy (non-hydrogen) atoms. The molecule has 0 spiro atoms. The molecule has 0 aliphatic carbocycles. The number of nitrogen functional groups attached to an aromatic ring is 1. The van der Waals surface area contributed by atoms with Crippen molar-refractivity contribution in [3.63, 3.8) is 0 Å². The summed E-state index contributed by atoms with van der Waals surface area (Å²) >= 11 is 0. The fourth-order valence-electron chi connectivity index (χ4n) is 2.07. The summed E-state index contributed by atoms with van der Waals surface area (Å²) in [5, 5.41) is 11.1. The number of hydrogen-bond donors (Lipinski definition) is 2. The van der Waals surface area contributed by atoms with Gasteiger partial charge in [0.05, 0.1) is 5.56 Å².